The Hall–Kier alpha value is -1.13. The molecule has 0 aliphatic heterocycles. The fraction of sp³-hybridized carbons (Fsp3) is 0.400. The lowest BCUT2D eigenvalue weighted by molar-refractivity contribution is 0.409. The molecule has 1 aromatic heterocycles. The maximum atomic E-state index is 5.94. The lowest BCUT2D eigenvalue weighted by Gasteiger charge is -2.21. The number of rotatable bonds is 5. The van der Waals surface area contributed by atoms with E-state index in [0.29, 0.717) is 18.5 Å². The predicted octanol–water partition coefficient (Wildman–Crippen LogP) is 3.86. The Morgan fingerprint density at radius 2 is 2.05 bits per heavy atom. The van der Waals surface area contributed by atoms with Gasteiger partial charge in [-0.3, -0.25) is 0 Å². The molecule has 0 saturated carbocycles. The van der Waals surface area contributed by atoms with Crippen LogP contribution < -0.4 is 5.73 Å². The van der Waals surface area contributed by atoms with Gasteiger partial charge < -0.3 is 10.3 Å². The molecule has 2 rings (SSSR count). The molecule has 0 radical (unpaired) electrons. The Morgan fingerprint density at radius 3 is 2.68 bits per heavy atom. The van der Waals surface area contributed by atoms with Crippen LogP contribution in [0.4, 0.5) is 0 Å². The van der Waals surface area contributed by atoms with Crippen molar-refractivity contribution in [2.24, 2.45) is 11.7 Å². The molecule has 0 fully saturated rings. The summed E-state index contributed by atoms with van der Waals surface area (Å²) in [7, 11) is 0. The SMILES string of the molecule is CC(C)CC(CN)n1cncc1-c1ccccc1Br. The Morgan fingerprint density at radius 1 is 1.32 bits per heavy atom. The summed E-state index contributed by atoms with van der Waals surface area (Å²) in [5.41, 5.74) is 8.21. The van der Waals surface area contributed by atoms with Crippen LogP contribution >= 0.6 is 15.9 Å². The third kappa shape index (κ3) is 3.25. The van der Waals surface area contributed by atoms with Crippen LogP contribution in [0.5, 0.6) is 0 Å². The second-order valence-corrected chi connectivity index (χ2v) is 6.04. The molecule has 3 nitrogen and oxygen atoms in total. The second kappa shape index (κ2) is 6.35. The van der Waals surface area contributed by atoms with Crippen LogP contribution in [0.2, 0.25) is 0 Å². The van der Waals surface area contributed by atoms with Crippen molar-refractivity contribution in [2.45, 2.75) is 26.3 Å². The molecule has 1 unspecified atom stereocenters. The molecule has 0 aliphatic rings. The molecule has 0 aliphatic carbocycles. The largest absolute Gasteiger partial charge is 0.328 e. The monoisotopic (exact) mass is 321 g/mol. The molecule has 1 aromatic carbocycles. The fourth-order valence-corrected chi connectivity index (χ4v) is 2.83. The molecule has 1 heterocycles. The zero-order chi connectivity index (χ0) is 13.8. The van der Waals surface area contributed by atoms with Crippen LogP contribution in [-0.2, 0) is 0 Å². The van der Waals surface area contributed by atoms with Crippen molar-refractivity contribution < 1.29 is 0 Å². The molecule has 102 valence electrons. The van der Waals surface area contributed by atoms with Crippen molar-refractivity contribution in [3.8, 4) is 11.3 Å². The van der Waals surface area contributed by atoms with Crippen LogP contribution in [0.3, 0.4) is 0 Å². The van der Waals surface area contributed by atoms with Gasteiger partial charge >= 0.3 is 0 Å². The van der Waals surface area contributed by atoms with Gasteiger partial charge in [0.2, 0.25) is 0 Å². The molecular weight excluding hydrogens is 302 g/mol. The van der Waals surface area contributed by atoms with Crippen LogP contribution in [0, 0.1) is 5.92 Å². The summed E-state index contributed by atoms with van der Waals surface area (Å²) in [4.78, 5) is 4.30. The lowest BCUT2D eigenvalue weighted by Crippen LogP contribution is -2.21. The summed E-state index contributed by atoms with van der Waals surface area (Å²) in [6.45, 7) is 5.07. The summed E-state index contributed by atoms with van der Waals surface area (Å²) in [6.07, 6.45) is 4.85. The minimum absolute atomic E-state index is 0.296. The highest BCUT2D eigenvalue weighted by molar-refractivity contribution is 9.10. The van der Waals surface area contributed by atoms with Gasteiger partial charge in [0, 0.05) is 22.6 Å². The summed E-state index contributed by atoms with van der Waals surface area (Å²) in [5, 5.41) is 0. The van der Waals surface area contributed by atoms with Gasteiger partial charge in [0.1, 0.15) is 0 Å². The van der Waals surface area contributed by atoms with E-state index in [9.17, 15) is 0 Å². The van der Waals surface area contributed by atoms with Crippen molar-refractivity contribution in [1.82, 2.24) is 9.55 Å². The maximum absolute atomic E-state index is 5.94. The molecule has 4 heteroatoms. The molecular formula is C15H20BrN3. The highest BCUT2D eigenvalue weighted by Crippen LogP contribution is 2.30. The summed E-state index contributed by atoms with van der Waals surface area (Å²) in [6, 6.07) is 8.50. The smallest absolute Gasteiger partial charge is 0.0954 e. The Bertz CT molecular complexity index is 534. The third-order valence-corrected chi connectivity index (χ3v) is 3.92. The number of hydrogen-bond acceptors (Lipinski definition) is 2. The molecule has 19 heavy (non-hydrogen) atoms. The summed E-state index contributed by atoms with van der Waals surface area (Å²) in [5.74, 6) is 0.614. The predicted molar refractivity (Wildman–Crippen MR) is 82.9 cm³/mol. The van der Waals surface area contributed by atoms with Gasteiger partial charge in [-0.05, 0) is 18.4 Å². The number of imidazole rings is 1. The minimum Gasteiger partial charge on any atom is -0.328 e. The van der Waals surface area contributed by atoms with E-state index in [1.165, 1.54) is 0 Å². The van der Waals surface area contributed by atoms with Gasteiger partial charge in [-0.25, -0.2) is 4.98 Å². The van der Waals surface area contributed by atoms with E-state index < -0.39 is 0 Å². The molecule has 0 saturated heterocycles. The number of hydrogen-bond donors (Lipinski definition) is 1. The molecule has 1 atom stereocenters. The average Bonchev–Trinajstić information content (AvgIpc) is 2.85. The van der Waals surface area contributed by atoms with Gasteiger partial charge in [-0.2, -0.15) is 0 Å². The maximum Gasteiger partial charge on any atom is 0.0954 e. The zero-order valence-electron chi connectivity index (χ0n) is 11.4. The standard InChI is InChI=1S/C15H20BrN3/c1-11(2)7-12(8-17)19-10-18-9-15(19)13-5-3-4-6-14(13)16/h3-6,9-12H,7-8,17H2,1-2H3. The van der Waals surface area contributed by atoms with Gasteiger partial charge in [0.25, 0.3) is 0 Å². The van der Waals surface area contributed by atoms with Crippen LogP contribution in [0.15, 0.2) is 41.3 Å². The number of nitrogens with two attached hydrogens (primary N) is 1. The van der Waals surface area contributed by atoms with E-state index >= 15 is 0 Å². The molecule has 0 amide bonds. The van der Waals surface area contributed by atoms with E-state index in [1.807, 2.05) is 30.7 Å². The normalized spacial score (nSPS) is 12.9. The lowest BCUT2D eigenvalue weighted by atomic mass is 10.0. The van der Waals surface area contributed by atoms with E-state index in [2.05, 4.69) is 45.4 Å². The molecule has 2 aromatic rings. The summed E-state index contributed by atoms with van der Waals surface area (Å²) >= 11 is 3.60. The molecule has 0 spiro atoms. The molecule has 2 N–H and O–H groups in total. The Kier molecular flexibility index (Phi) is 4.77. The van der Waals surface area contributed by atoms with Crippen LogP contribution in [0.1, 0.15) is 26.3 Å². The first kappa shape index (κ1) is 14.3. The first-order valence-electron chi connectivity index (χ1n) is 6.60. The van der Waals surface area contributed by atoms with Crippen molar-refractivity contribution in [2.75, 3.05) is 6.54 Å². The number of benzene rings is 1. The summed E-state index contributed by atoms with van der Waals surface area (Å²) < 4.78 is 3.28. The van der Waals surface area contributed by atoms with Gasteiger partial charge in [0.15, 0.2) is 0 Å². The van der Waals surface area contributed by atoms with E-state index in [1.54, 1.807) is 0 Å². The van der Waals surface area contributed by atoms with E-state index in [-0.39, 0.29) is 0 Å². The van der Waals surface area contributed by atoms with Gasteiger partial charge in [-0.1, -0.05) is 48.0 Å². The Labute approximate surface area is 123 Å². The number of nitrogens with zero attached hydrogens (tertiary/aromatic N) is 2. The molecule has 0 bridgehead atoms. The van der Waals surface area contributed by atoms with Gasteiger partial charge in [0.05, 0.1) is 18.2 Å². The van der Waals surface area contributed by atoms with Crippen molar-refractivity contribution in [3.63, 3.8) is 0 Å². The van der Waals surface area contributed by atoms with Crippen molar-refractivity contribution in [3.05, 3.63) is 41.3 Å². The van der Waals surface area contributed by atoms with E-state index in [4.69, 9.17) is 5.73 Å². The number of halogens is 1. The minimum atomic E-state index is 0.296. The quantitative estimate of drug-likeness (QED) is 0.908. The fourth-order valence-electron chi connectivity index (χ4n) is 2.34. The second-order valence-electron chi connectivity index (χ2n) is 5.19. The van der Waals surface area contributed by atoms with Crippen LogP contribution in [0.25, 0.3) is 11.3 Å². The Balaban J connectivity index is 2.39. The van der Waals surface area contributed by atoms with E-state index in [0.717, 1.165) is 22.2 Å². The van der Waals surface area contributed by atoms with Crippen LogP contribution in [-0.4, -0.2) is 16.1 Å². The third-order valence-electron chi connectivity index (χ3n) is 3.22. The highest BCUT2D eigenvalue weighted by Gasteiger charge is 2.16. The van der Waals surface area contributed by atoms with Gasteiger partial charge in [-0.15, -0.1) is 0 Å². The average molecular weight is 322 g/mol. The highest BCUT2D eigenvalue weighted by atomic mass is 79.9. The first-order valence-corrected chi connectivity index (χ1v) is 7.39. The topological polar surface area (TPSA) is 43.8 Å². The van der Waals surface area contributed by atoms with Crippen molar-refractivity contribution in [1.29, 1.82) is 0 Å². The van der Waals surface area contributed by atoms with Crippen molar-refractivity contribution >= 4 is 15.9 Å². The number of aromatic nitrogens is 2. The first-order chi connectivity index (χ1) is 9.13. The zero-order valence-corrected chi connectivity index (χ0v) is 13.0.